The van der Waals surface area contributed by atoms with E-state index >= 15 is 0 Å². The third-order valence-corrected chi connectivity index (χ3v) is 5.20. The van der Waals surface area contributed by atoms with Gasteiger partial charge in [-0.1, -0.05) is 11.3 Å². The van der Waals surface area contributed by atoms with Gasteiger partial charge in [-0.15, -0.1) is 5.10 Å². The number of morpholine rings is 1. The molecule has 0 aliphatic carbocycles. The highest BCUT2D eigenvalue weighted by Gasteiger charge is 2.29. The Morgan fingerprint density at radius 1 is 1.03 bits per heavy atom. The predicted octanol–water partition coefficient (Wildman–Crippen LogP) is 3.14. The summed E-state index contributed by atoms with van der Waals surface area (Å²) in [5, 5.41) is 8.56. The minimum Gasteiger partial charge on any atom is -0.368 e. The molecule has 1 atom stereocenters. The molecule has 4 heterocycles. The molecule has 5 rings (SSSR count). The normalized spacial score (nSPS) is 16.7. The fourth-order valence-electron chi connectivity index (χ4n) is 3.63. The van der Waals surface area contributed by atoms with E-state index in [0.29, 0.717) is 31.0 Å². The largest absolute Gasteiger partial charge is 0.368 e. The molecule has 8 heteroatoms. The van der Waals surface area contributed by atoms with Crippen LogP contribution in [0.4, 0.5) is 4.39 Å². The number of carbonyl (C=O) groups is 1. The number of fused-ring (bicyclic) bond motifs is 1. The number of hydrogen-bond donors (Lipinski definition) is 0. The SMILES string of the molecule is O=C(c1ccc(F)cc1)N1CCOC(c2nnn3cc(-c4ccncc4)ccc23)C1. The van der Waals surface area contributed by atoms with E-state index in [0.717, 1.165) is 16.6 Å². The van der Waals surface area contributed by atoms with Crippen molar-refractivity contribution in [2.24, 2.45) is 0 Å². The Hall–Kier alpha value is -3.65. The van der Waals surface area contributed by atoms with Crippen LogP contribution in [0.2, 0.25) is 0 Å². The van der Waals surface area contributed by atoms with Crippen molar-refractivity contribution in [1.29, 1.82) is 0 Å². The van der Waals surface area contributed by atoms with Crippen molar-refractivity contribution < 1.29 is 13.9 Å². The van der Waals surface area contributed by atoms with Gasteiger partial charge < -0.3 is 9.64 Å². The Bertz CT molecular complexity index is 1190. The molecule has 1 amide bonds. The maximum absolute atomic E-state index is 13.2. The monoisotopic (exact) mass is 403 g/mol. The molecule has 0 radical (unpaired) electrons. The third-order valence-electron chi connectivity index (χ3n) is 5.20. The van der Waals surface area contributed by atoms with Crippen LogP contribution in [-0.4, -0.2) is 50.3 Å². The first-order valence-corrected chi connectivity index (χ1v) is 9.61. The van der Waals surface area contributed by atoms with Crippen molar-refractivity contribution in [2.75, 3.05) is 19.7 Å². The van der Waals surface area contributed by atoms with Gasteiger partial charge in [0.25, 0.3) is 5.91 Å². The fraction of sp³-hybridized carbons (Fsp3) is 0.182. The van der Waals surface area contributed by atoms with Gasteiger partial charge >= 0.3 is 0 Å². The van der Waals surface area contributed by atoms with Crippen LogP contribution in [0.25, 0.3) is 16.6 Å². The number of amides is 1. The highest BCUT2D eigenvalue weighted by Crippen LogP contribution is 2.27. The molecule has 0 N–H and O–H groups in total. The lowest BCUT2D eigenvalue weighted by molar-refractivity contribution is -0.0241. The third kappa shape index (κ3) is 3.42. The Balaban J connectivity index is 1.39. The van der Waals surface area contributed by atoms with E-state index < -0.39 is 0 Å². The molecule has 0 spiro atoms. The van der Waals surface area contributed by atoms with Gasteiger partial charge in [-0.2, -0.15) is 0 Å². The molecular formula is C22H18FN5O2. The van der Waals surface area contributed by atoms with Crippen LogP contribution in [0, 0.1) is 5.82 Å². The van der Waals surface area contributed by atoms with Gasteiger partial charge in [0.2, 0.25) is 0 Å². The summed E-state index contributed by atoms with van der Waals surface area (Å²) in [7, 11) is 0. The zero-order valence-electron chi connectivity index (χ0n) is 16.0. The molecule has 1 fully saturated rings. The first kappa shape index (κ1) is 18.4. The van der Waals surface area contributed by atoms with Crippen molar-refractivity contribution in [2.45, 2.75) is 6.10 Å². The fourth-order valence-corrected chi connectivity index (χ4v) is 3.63. The number of rotatable bonds is 3. The second-order valence-electron chi connectivity index (χ2n) is 7.08. The summed E-state index contributed by atoms with van der Waals surface area (Å²) in [6.45, 7) is 1.22. The van der Waals surface area contributed by atoms with Crippen molar-refractivity contribution in [1.82, 2.24) is 24.7 Å². The first-order chi connectivity index (χ1) is 14.7. The average molecular weight is 403 g/mol. The molecule has 3 aromatic heterocycles. The molecule has 0 saturated carbocycles. The summed E-state index contributed by atoms with van der Waals surface area (Å²) in [4.78, 5) is 18.5. The number of benzene rings is 1. The van der Waals surface area contributed by atoms with E-state index in [-0.39, 0.29) is 17.8 Å². The summed E-state index contributed by atoms with van der Waals surface area (Å²) in [6, 6.07) is 13.4. The Labute approximate surface area is 171 Å². The number of nitrogens with zero attached hydrogens (tertiary/aromatic N) is 5. The summed E-state index contributed by atoms with van der Waals surface area (Å²) >= 11 is 0. The summed E-state index contributed by atoms with van der Waals surface area (Å²) in [6.07, 6.45) is 5.02. The van der Waals surface area contributed by atoms with Crippen LogP contribution in [0.3, 0.4) is 0 Å². The van der Waals surface area contributed by atoms with E-state index in [2.05, 4.69) is 15.3 Å². The maximum atomic E-state index is 13.2. The molecular weight excluding hydrogens is 385 g/mol. The Morgan fingerprint density at radius 3 is 2.63 bits per heavy atom. The number of aromatic nitrogens is 4. The molecule has 0 bridgehead atoms. The predicted molar refractivity (Wildman–Crippen MR) is 107 cm³/mol. The molecule has 150 valence electrons. The van der Waals surface area contributed by atoms with E-state index in [4.69, 9.17) is 4.74 Å². The topological polar surface area (TPSA) is 72.6 Å². The standard InChI is InChI=1S/C22H18FN5O2/c23-18-4-1-16(2-5-18)22(29)27-11-12-30-20(14-27)21-19-6-3-17(13-28(19)26-25-21)15-7-9-24-10-8-15/h1-10,13,20H,11-12,14H2. The molecule has 1 saturated heterocycles. The number of halogens is 1. The quantitative estimate of drug-likeness (QED) is 0.526. The van der Waals surface area contributed by atoms with Crippen LogP contribution in [0.5, 0.6) is 0 Å². The van der Waals surface area contributed by atoms with E-state index in [1.165, 1.54) is 24.3 Å². The van der Waals surface area contributed by atoms with Gasteiger partial charge in [0, 0.05) is 36.3 Å². The number of carbonyl (C=O) groups excluding carboxylic acids is 1. The second kappa shape index (κ2) is 7.64. The van der Waals surface area contributed by atoms with Crippen LogP contribution >= 0.6 is 0 Å². The highest BCUT2D eigenvalue weighted by atomic mass is 19.1. The summed E-state index contributed by atoms with van der Waals surface area (Å²) in [5.74, 6) is -0.521. The van der Waals surface area contributed by atoms with E-state index in [9.17, 15) is 9.18 Å². The van der Waals surface area contributed by atoms with Gasteiger partial charge in [0.1, 0.15) is 17.6 Å². The molecule has 4 aromatic rings. The maximum Gasteiger partial charge on any atom is 0.254 e. The van der Waals surface area contributed by atoms with Gasteiger partial charge in [-0.3, -0.25) is 9.78 Å². The van der Waals surface area contributed by atoms with Crippen molar-refractivity contribution in [3.63, 3.8) is 0 Å². The summed E-state index contributed by atoms with van der Waals surface area (Å²) in [5.41, 5.74) is 4.00. The molecule has 30 heavy (non-hydrogen) atoms. The lowest BCUT2D eigenvalue weighted by Gasteiger charge is -2.32. The number of ether oxygens (including phenoxy) is 1. The summed E-state index contributed by atoms with van der Waals surface area (Å²) < 4.78 is 20.8. The molecule has 1 aromatic carbocycles. The zero-order valence-corrected chi connectivity index (χ0v) is 16.0. The van der Waals surface area contributed by atoms with Crippen LogP contribution in [0.15, 0.2) is 67.1 Å². The van der Waals surface area contributed by atoms with Crippen molar-refractivity contribution >= 4 is 11.4 Å². The molecule has 1 aliphatic rings. The lowest BCUT2D eigenvalue weighted by atomic mass is 10.1. The minimum absolute atomic E-state index is 0.153. The van der Waals surface area contributed by atoms with Gasteiger partial charge in [0.05, 0.1) is 18.7 Å². The van der Waals surface area contributed by atoms with Gasteiger partial charge in [0.15, 0.2) is 0 Å². The number of hydrogen-bond acceptors (Lipinski definition) is 5. The Morgan fingerprint density at radius 2 is 1.83 bits per heavy atom. The van der Waals surface area contributed by atoms with E-state index in [1.807, 2.05) is 30.5 Å². The average Bonchev–Trinajstić information content (AvgIpc) is 3.23. The Kier molecular flexibility index (Phi) is 4.68. The minimum atomic E-state index is -0.382. The van der Waals surface area contributed by atoms with Crippen LogP contribution < -0.4 is 0 Å². The molecule has 1 unspecified atom stereocenters. The van der Waals surface area contributed by atoms with Crippen molar-refractivity contribution in [3.8, 4) is 11.1 Å². The van der Waals surface area contributed by atoms with Gasteiger partial charge in [-0.05, 0) is 48.0 Å². The smallest absolute Gasteiger partial charge is 0.254 e. The molecule has 1 aliphatic heterocycles. The first-order valence-electron chi connectivity index (χ1n) is 9.61. The van der Waals surface area contributed by atoms with E-state index in [1.54, 1.807) is 21.8 Å². The van der Waals surface area contributed by atoms with Crippen molar-refractivity contribution in [3.05, 3.63) is 84.2 Å². The second-order valence-corrected chi connectivity index (χ2v) is 7.08. The van der Waals surface area contributed by atoms with Crippen LogP contribution in [-0.2, 0) is 4.74 Å². The zero-order chi connectivity index (χ0) is 20.5. The van der Waals surface area contributed by atoms with Gasteiger partial charge in [-0.25, -0.2) is 8.91 Å². The molecule has 7 nitrogen and oxygen atoms in total. The lowest BCUT2D eigenvalue weighted by Crippen LogP contribution is -2.42. The highest BCUT2D eigenvalue weighted by molar-refractivity contribution is 5.94. The van der Waals surface area contributed by atoms with Crippen LogP contribution in [0.1, 0.15) is 22.2 Å². The number of pyridine rings is 2.